The summed E-state index contributed by atoms with van der Waals surface area (Å²) in [5.74, 6) is 1.16. The summed E-state index contributed by atoms with van der Waals surface area (Å²) in [7, 11) is 0. The largest absolute Gasteiger partial charge is 0.490 e. The number of fused-ring (bicyclic) bond motifs is 1. The molecule has 1 aliphatic heterocycles. The Morgan fingerprint density at radius 1 is 1.27 bits per heavy atom. The molecule has 1 aromatic heterocycles. The number of ketones is 1. The van der Waals surface area contributed by atoms with Crippen molar-refractivity contribution in [2.45, 2.75) is 39.7 Å². The highest BCUT2D eigenvalue weighted by molar-refractivity contribution is 6.28. The third kappa shape index (κ3) is 3.99. The third-order valence-corrected chi connectivity index (χ3v) is 4.97. The first-order valence-electron chi connectivity index (χ1n) is 10.0. The highest BCUT2D eigenvalue weighted by atomic mass is 16.5. The normalized spacial score (nSPS) is 14.9. The summed E-state index contributed by atoms with van der Waals surface area (Å²) in [6.45, 7) is 8.49. The molecule has 0 bridgehead atoms. The van der Waals surface area contributed by atoms with Gasteiger partial charge in [-0.1, -0.05) is 29.8 Å². The standard InChI is InChI=1S/C24H25N3O3/c1-5-29-21-12-18(11-19-13-24(3,4)30-23(19)21)22(28)20(27-15-25-14-26-27)10-17-8-6-16(2)7-9-17/h6-12,14-15H,5,13H2,1-4H3/b20-10+. The Kier molecular flexibility index (Phi) is 5.16. The number of hydrogen-bond acceptors (Lipinski definition) is 5. The summed E-state index contributed by atoms with van der Waals surface area (Å²) in [6, 6.07) is 11.6. The van der Waals surface area contributed by atoms with E-state index < -0.39 is 0 Å². The molecule has 2 aromatic carbocycles. The highest BCUT2D eigenvalue weighted by Gasteiger charge is 2.34. The molecule has 154 valence electrons. The molecule has 0 N–H and O–H groups in total. The van der Waals surface area contributed by atoms with E-state index in [4.69, 9.17) is 9.47 Å². The van der Waals surface area contributed by atoms with E-state index in [0.29, 0.717) is 30.0 Å². The smallest absolute Gasteiger partial charge is 0.211 e. The number of rotatable bonds is 6. The Morgan fingerprint density at radius 3 is 2.70 bits per heavy atom. The molecular formula is C24H25N3O3. The zero-order valence-corrected chi connectivity index (χ0v) is 17.7. The monoisotopic (exact) mass is 403 g/mol. The molecule has 0 fully saturated rings. The van der Waals surface area contributed by atoms with Crippen molar-refractivity contribution in [1.29, 1.82) is 0 Å². The van der Waals surface area contributed by atoms with Crippen LogP contribution in [0, 0.1) is 6.92 Å². The van der Waals surface area contributed by atoms with Crippen molar-refractivity contribution in [3.8, 4) is 11.5 Å². The van der Waals surface area contributed by atoms with Crippen LogP contribution in [0.3, 0.4) is 0 Å². The van der Waals surface area contributed by atoms with Crippen LogP contribution in [0.15, 0.2) is 49.1 Å². The van der Waals surface area contributed by atoms with Crippen molar-refractivity contribution < 1.29 is 14.3 Å². The summed E-state index contributed by atoms with van der Waals surface area (Å²) in [6.07, 6.45) is 5.48. The molecule has 6 nitrogen and oxygen atoms in total. The van der Waals surface area contributed by atoms with Crippen LogP contribution in [0.2, 0.25) is 0 Å². The fourth-order valence-electron chi connectivity index (χ4n) is 3.61. The van der Waals surface area contributed by atoms with Gasteiger partial charge in [-0.25, -0.2) is 9.67 Å². The van der Waals surface area contributed by atoms with Gasteiger partial charge < -0.3 is 9.47 Å². The summed E-state index contributed by atoms with van der Waals surface area (Å²) >= 11 is 0. The lowest BCUT2D eigenvalue weighted by molar-refractivity contribution is 0.105. The van der Waals surface area contributed by atoms with Crippen LogP contribution >= 0.6 is 0 Å². The number of ether oxygens (including phenoxy) is 2. The molecular weight excluding hydrogens is 378 g/mol. The summed E-state index contributed by atoms with van der Waals surface area (Å²) in [4.78, 5) is 17.6. The van der Waals surface area contributed by atoms with Crippen molar-refractivity contribution in [3.05, 3.63) is 71.3 Å². The number of benzene rings is 2. The van der Waals surface area contributed by atoms with Gasteiger partial charge in [0.05, 0.1) is 6.61 Å². The number of hydrogen-bond donors (Lipinski definition) is 0. The van der Waals surface area contributed by atoms with Crippen molar-refractivity contribution in [2.75, 3.05) is 6.61 Å². The SMILES string of the molecule is CCOc1cc(C(=O)/C(=C\c2ccc(C)cc2)n2cncn2)cc2c1OC(C)(C)C2. The molecule has 0 aliphatic carbocycles. The molecule has 4 rings (SSSR count). The van der Waals surface area contributed by atoms with E-state index in [1.165, 1.54) is 17.3 Å². The molecule has 0 saturated carbocycles. The first-order valence-corrected chi connectivity index (χ1v) is 10.0. The van der Waals surface area contributed by atoms with Crippen LogP contribution in [0.4, 0.5) is 0 Å². The average Bonchev–Trinajstić information content (AvgIpc) is 3.34. The van der Waals surface area contributed by atoms with Crippen LogP contribution in [-0.2, 0) is 6.42 Å². The molecule has 3 aromatic rings. The zero-order valence-electron chi connectivity index (χ0n) is 17.7. The molecule has 6 heteroatoms. The predicted molar refractivity (Wildman–Crippen MR) is 116 cm³/mol. The molecule has 0 saturated heterocycles. The lowest BCUT2D eigenvalue weighted by Gasteiger charge is -2.18. The Labute approximate surface area is 176 Å². The third-order valence-electron chi connectivity index (χ3n) is 4.97. The quantitative estimate of drug-likeness (QED) is 0.445. The van der Waals surface area contributed by atoms with E-state index in [-0.39, 0.29) is 11.4 Å². The van der Waals surface area contributed by atoms with Crippen molar-refractivity contribution >= 4 is 17.6 Å². The van der Waals surface area contributed by atoms with Gasteiger partial charge in [0.25, 0.3) is 0 Å². The van der Waals surface area contributed by atoms with Gasteiger partial charge in [-0.2, -0.15) is 5.10 Å². The van der Waals surface area contributed by atoms with Gasteiger partial charge in [-0.05, 0) is 51.5 Å². The van der Waals surface area contributed by atoms with Gasteiger partial charge in [0.1, 0.15) is 24.0 Å². The van der Waals surface area contributed by atoms with Gasteiger partial charge >= 0.3 is 0 Å². The Morgan fingerprint density at radius 2 is 2.03 bits per heavy atom. The first kappa shape index (κ1) is 19.9. The minimum Gasteiger partial charge on any atom is -0.490 e. The average molecular weight is 403 g/mol. The minimum absolute atomic E-state index is 0.158. The number of carbonyl (C=O) groups is 1. The molecule has 0 amide bonds. The van der Waals surface area contributed by atoms with E-state index in [0.717, 1.165) is 22.4 Å². The van der Waals surface area contributed by atoms with Crippen molar-refractivity contribution in [2.24, 2.45) is 0 Å². The van der Waals surface area contributed by atoms with Gasteiger partial charge in [0, 0.05) is 17.5 Å². The van der Waals surface area contributed by atoms with Crippen molar-refractivity contribution in [1.82, 2.24) is 14.8 Å². The van der Waals surface area contributed by atoms with Gasteiger partial charge in [-0.3, -0.25) is 4.79 Å². The molecule has 0 atom stereocenters. The lowest BCUT2D eigenvalue weighted by atomic mass is 9.97. The van der Waals surface area contributed by atoms with E-state index in [9.17, 15) is 4.79 Å². The molecule has 0 unspecified atom stereocenters. The zero-order chi connectivity index (χ0) is 21.3. The number of aromatic nitrogens is 3. The summed E-state index contributed by atoms with van der Waals surface area (Å²) in [5, 5.41) is 4.19. The van der Waals surface area contributed by atoms with Gasteiger partial charge in [0.2, 0.25) is 5.78 Å². The maximum absolute atomic E-state index is 13.6. The van der Waals surface area contributed by atoms with E-state index in [1.807, 2.05) is 64.1 Å². The van der Waals surface area contributed by atoms with Crippen LogP contribution in [-0.4, -0.2) is 32.8 Å². The highest BCUT2D eigenvalue weighted by Crippen LogP contribution is 2.43. The second-order valence-corrected chi connectivity index (χ2v) is 8.04. The van der Waals surface area contributed by atoms with Crippen LogP contribution in [0.5, 0.6) is 11.5 Å². The number of aryl methyl sites for hydroxylation is 1. The molecule has 0 radical (unpaired) electrons. The maximum atomic E-state index is 13.6. The van der Waals surface area contributed by atoms with E-state index in [2.05, 4.69) is 10.1 Å². The van der Waals surface area contributed by atoms with E-state index >= 15 is 0 Å². The summed E-state index contributed by atoms with van der Waals surface area (Å²) < 4.78 is 13.4. The number of nitrogens with zero attached hydrogens (tertiary/aromatic N) is 3. The Hall–Kier alpha value is -3.41. The van der Waals surface area contributed by atoms with Gasteiger partial charge in [0.15, 0.2) is 11.5 Å². The molecule has 30 heavy (non-hydrogen) atoms. The van der Waals surface area contributed by atoms with Crippen LogP contribution < -0.4 is 9.47 Å². The van der Waals surface area contributed by atoms with Crippen molar-refractivity contribution in [3.63, 3.8) is 0 Å². The minimum atomic E-state index is -0.331. The molecule has 1 aliphatic rings. The number of Topliss-reactive ketones (excluding diaryl/α,β-unsaturated/α-hetero) is 1. The fraction of sp³-hybridized carbons (Fsp3) is 0.292. The molecule has 2 heterocycles. The predicted octanol–water partition coefficient (Wildman–Crippen LogP) is 4.58. The number of allylic oxidation sites excluding steroid dienone is 1. The second kappa shape index (κ2) is 7.78. The second-order valence-electron chi connectivity index (χ2n) is 8.04. The fourth-order valence-corrected chi connectivity index (χ4v) is 3.61. The van der Waals surface area contributed by atoms with Crippen LogP contribution in [0.25, 0.3) is 11.8 Å². The topological polar surface area (TPSA) is 66.2 Å². The first-order chi connectivity index (χ1) is 14.4. The maximum Gasteiger partial charge on any atom is 0.211 e. The van der Waals surface area contributed by atoms with E-state index in [1.54, 1.807) is 6.07 Å². The molecule has 0 spiro atoms. The Bertz CT molecular complexity index is 1100. The summed E-state index contributed by atoms with van der Waals surface area (Å²) in [5.41, 5.74) is 3.66. The number of carbonyl (C=O) groups excluding carboxylic acids is 1. The van der Waals surface area contributed by atoms with Crippen LogP contribution in [0.1, 0.15) is 47.8 Å². The Balaban J connectivity index is 1.79. The lowest BCUT2D eigenvalue weighted by Crippen LogP contribution is -2.24. The van der Waals surface area contributed by atoms with Gasteiger partial charge in [-0.15, -0.1) is 0 Å².